The van der Waals surface area contributed by atoms with Crippen LogP contribution in [0.1, 0.15) is 38.3 Å². The zero-order chi connectivity index (χ0) is 22.3. The molecule has 30 heavy (non-hydrogen) atoms. The molecule has 1 atom stereocenters. The largest absolute Gasteiger partial charge is 0.460 e. The Morgan fingerprint density at radius 1 is 1.27 bits per heavy atom. The van der Waals surface area contributed by atoms with E-state index in [1.807, 2.05) is 13.8 Å². The quantitative estimate of drug-likeness (QED) is 0.316. The maximum absolute atomic E-state index is 12.7. The minimum Gasteiger partial charge on any atom is -0.460 e. The average Bonchev–Trinajstić information content (AvgIpc) is 2.70. The molecule has 0 fully saturated rings. The van der Waals surface area contributed by atoms with Crippen LogP contribution < -0.4 is 10.0 Å². The summed E-state index contributed by atoms with van der Waals surface area (Å²) in [5.41, 5.74) is 2.37. The van der Waals surface area contributed by atoms with Crippen molar-refractivity contribution in [3.8, 4) is 0 Å². The first-order valence-corrected chi connectivity index (χ1v) is 11.8. The molecule has 0 aliphatic carbocycles. The van der Waals surface area contributed by atoms with Gasteiger partial charge in [0.2, 0.25) is 10.0 Å². The number of carbonyl (C=O) groups is 1. The Bertz CT molecular complexity index is 898. The van der Waals surface area contributed by atoms with Crippen molar-refractivity contribution in [2.75, 3.05) is 37.8 Å². The van der Waals surface area contributed by atoms with Crippen molar-refractivity contribution in [3.05, 3.63) is 41.1 Å². The molecule has 1 aliphatic heterocycles. The first-order valence-electron chi connectivity index (χ1n) is 9.71. The number of nitrogens with one attached hydrogen (secondary N) is 2. The van der Waals surface area contributed by atoms with Crippen molar-refractivity contribution >= 4 is 39.0 Å². The summed E-state index contributed by atoms with van der Waals surface area (Å²) in [4.78, 5) is 14.5. The number of benzene rings is 1. The fourth-order valence-electron chi connectivity index (χ4n) is 2.95. The van der Waals surface area contributed by atoms with Gasteiger partial charge in [0.25, 0.3) is 0 Å². The average molecular weight is 456 g/mol. The lowest BCUT2D eigenvalue weighted by molar-refractivity contribution is -0.140. The lowest BCUT2D eigenvalue weighted by atomic mass is 9.95. The molecule has 0 amide bonds. The fourth-order valence-corrected chi connectivity index (χ4v) is 4.47. The van der Waals surface area contributed by atoms with E-state index in [1.54, 1.807) is 36.2 Å². The normalized spacial score (nSPS) is 17.0. The van der Waals surface area contributed by atoms with Crippen LogP contribution in [0.5, 0.6) is 0 Å². The zero-order valence-electron chi connectivity index (χ0n) is 17.7. The summed E-state index contributed by atoms with van der Waals surface area (Å²) in [5, 5.41) is 3.64. The fraction of sp³-hybridized carbons (Fsp3) is 0.500. The van der Waals surface area contributed by atoms with E-state index >= 15 is 0 Å². The van der Waals surface area contributed by atoms with Crippen molar-refractivity contribution in [2.24, 2.45) is 0 Å². The number of nitrogens with zero attached hydrogens (tertiary/aromatic N) is 1. The number of esters is 1. The summed E-state index contributed by atoms with van der Waals surface area (Å²) in [6.07, 6.45) is 1.40. The monoisotopic (exact) mass is 455 g/mol. The van der Waals surface area contributed by atoms with Gasteiger partial charge < -0.3 is 19.7 Å². The third kappa shape index (κ3) is 6.16. The summed E-state index contributed by atoms with van der Waals surface area (Å²) in [5.74, 6) is -0.379. The van der Waals surface area contributed by atoms with E-state index in [9.17, 15) is 13.2 Å². The molecule has 1 unspecified atom stereocenters. The number of allylic oxidation sites excluding steroid dienone is 1. The summed E-state index contributed by atoms with van der Waals surface area (Å²) >= 11 is 5.38. The minimum atomic E-state index is -3.38. The van der Waals surface area contributed by atoms with E-state index in [0.717, 1.165) is 12.0 Å². The molecule has 166 valence electrons. The van der Waals surface area contributed by atoms with Crippen LogP contribution in [0.3, 0.4) is 0 Å². The van der Waals surface area contributed by atoms with Gasteiger partial charge in [-0.3, -0.25) is 4.72 Å². The summed E-state index contributed by atoms with van der Waals surface area (Å²) in [6, 6.07) is 6.36. The second kappa shape index (κ2) is 10.7. The summed E-state index contributed by atoms with van der Waals surface area (Å²) in [6.45, 7) is 4.20. The number of sulfonamides is 1. The second-order valence-corrected chi connectivity index (χ2v) is 9.19. The molecule has 1 aromatic carbocycles. The van der Waals surface area contributed by atoms with Crippen molar-refractivity contribution in [1.29, 1.82) is 0 Å². The molecule has 0 bridgehead atoms. The number of hydrogen-bond donors (Lipinski definition) is 2. The standard InChI is InChI=1S/C20H29N3O5S2/c1-5-6-13-30(25,26)22-16-9-7-15(8-10-16)18-17(19(24)28-12-11-27-4)14(2)23(3)20(29)21-18/h7-10,18,22H,5-6,11-13H2,1-4H3,(H,21,29). The van der Waals surface area contributed by atoms with Crippen LogP contribution in [-0.2, 0) is 24.3 Å². The van der Waals surface area contributed by atoms with Gasteiger partial charge in [-0.1, -0.05) is 25.5 Å². The highest BCUT2D eigenvalue weighted by molar-refractivity contribution is 7.92. The van der Waals surface area contributed by atoms with Crippen LogP contribution in [0, 0.1) is 0 Å². The van der Waals surface area contributed by atoms with Gasteiger partial charge in [0.05, 0.1) is 24.0 Å². The summed E-state index contributed by atoms with van der Waals surface area (Å²) in [7, 11) is -0.0741. The van der Waals surface area contributed by atoms with E-state index in [-0.39, 0.29) is 12.4 Å². The topological polar surface area (TPSA) is 97.0 Å². The third-order valence-corrected chi connectivity index (χ3v) is 6.54. The number of carbonyl (C=O) groups excluding carboxylic acids is 1. The molecule has 0 aromatic heterocycles. The van der Waals surface area contributed by atoms with Crippen LogP contribution in [0.15, 0.2) is 35.5 Å². The van der Waals surface area contributed by atoms with Crippen LogP contribution in [-0.4, -0.2) is 57.5 Å². The van der Waals surface area contributed by atoms with Crippen LogP contribution in [0.4, 0.5) is 5.69 Å². The molecule has 2 rings (SSSR count). The van der Waals surface area contributed by atoms with Crippen LogP contribution >= 0.6 is 12.2 Å². The highest BCUT2D eigenvalue weighted by Gasteiger charge is 2.33. The first-order chi connectivity index (χ1) is 14.2. The van der Waals surface area contributed by atoms with Crippen LogP contribution in [0.25, 0.3) is 0 Å². The number of methoxy groups -OCH3 is 1. The Balaban J connectivity index is 2.26. The lowest BCUT2D eigenvalue weighted by Gasteiger charge is -2.35. The van der Waals surface area contributed by atoms with Gasteiger partial charge in [-0.15, -0.1) is 0 Å². The number of hydrogen-bond acceptors (Lipinski definition) is 6. The number of thiocarbonyl (C=S) groups is 1. The number of rotatable bonds is 10. The van der Waals surface area contributed by atoms with Gasteiger partial charge in [-0.25, -0.2) is 13.2 Å². The highest BCUT2D eigenvalue weighted by Crippen LogP contribution is 2.31. The van der Waals surface area contributed by atoms with Gasteiger partial charge in [-0.2, -0.15) is 0 Å². The molecule has 1 aliphatic rings. The molecule has 0 radical (unpaired) electrons. The Morgan fingerprint density at radius 3 is 2.53 bits per heavy atom. The molecule has 8 nitrogen and oxygen atoms in total. The molecular weight excluding hydrogens is 426 g/mol. The Kier molecular flexibility index (Phi) is 8.63. The van der Waals surface area contributed by atoms with Crippen molar-refractivity contribution in [1.82, 2.24) is 10.2 Å². The van der Waals surface area contributed by atoms with Crippen molar-refractivity contribution in [2.45, 2.75) is 32.7 Å². The van der Waals surface area contributed by atoms with Crippen molar-refractivity contribution in [3.63, 3.8) is 0 Å². The number of unbranched alkanes of at least 4 members (excludes halogenated alkanes) is 1. The Labute approximate surface area is 183 Å². The SMILES string of the molecule is CCCCS(=O)(=O)Nc1ccc(C2NC(=S)N(C)C(C)=C2C(=O)OCCOC)cc1. The van der Waals surface area contributed by atoms with E-state index in [0.29, 0.717) is 35.1 Å². The van der Waals surface area contributed by atoms with Gasteiger partial charge >= 0.3 is 5.97 Å². The Morgan fingerprint density at radius 2 is 1.93 bits per heavy atom. The molecule has 2 N–H and O–H groups in total. The highest BCUT2D eigenvalue weighted by atomic mass is 32.2. The second-order valence-electron chi connectivity index (χ2n) is 6.97. The maximum atomic E-state index is 12.7. The molecule has 0 spiro atoms. The van der Waals surface area contributed by atoms with Gasteiger partial charge in [0, 0.05) is 25.5 Å². The minimum absolute atomic E-state index is 0.0788. The molecule has 0 saturated carbocycles. The first kappa shape index (κ1) is 24.1. The summed E-state index contributed by atoms with van der Waals surface area (Å²) < 4.78 is 37.1. The van der Waals surface area contributed by atoms with Gasteiger partial charge in [-0.05, 0) is 43.3 Å². The smallest absolute Gasteiger partial charge is 0.338 e. The van der Waals surface area contributed by atoms with Gasteiger partial charge in [0.1, 0.15) is 6.61 Å². The molecule has 10 heteroatoms. The van der Waals surface area contributed by atoms with E-state index in [4.69, 9.17) is 21.7 Å². The maximum Gasteiger partial charge on any atom is 0.338 e. The van der Waals surface area contributed by atoms with E-state index in [2.05, 4.69) is 10.0 Å². The molecular formula is C20H29N3O5S2. The molecule has 1 heterocycles. The van der Waals surface area contributed by atoms with E-state index in [1.165, 1.54) is 7.11 Å². The number of anilines is 1. The Hall–Kier alpha value is -2.17. The predicted octanol–water partition coefficient (Wildman–Crippen LogP) is 2.55. The molecule has 0 saturated heterocycles. The van der Waals surface area contributed by atoms with Crippen LogP contribution in [0.2, 0.25) is 0 Å². The van der Waals surface area contributed by atoms with Gasteiger partial charge in [0.15, 0.2) is 5.11 Å². The molecule has 1 aromatic rings. The third-order valence-electron chi connectivity index (χ3n) is 4.78. The van der Waals surface area contributed by atoms with Crippen molar-refractivity contribution < 1.29 is 22.7 Å². The zero-order valence-corrected chi connectivity index (χ0v) is 19.4. The van der Waals surface area contributed by atoms with E-state index < -0.39 is 22.0 Å². The lowest BCUT2D eigenvalue weighted by Crippen LogP contribution is -2.46. The number of ether oxygens (including phenoxy) is 2. The predicted molar refractivity (Wildman–Crippen MR) is 121 cm³/mol.